The van der Waals surface area contributed by atoms with Gasteiger partial charge in [-0.1, -0.05) is 6.92 Å². The van der Waals surface area contributed by atoms with Crippen LogP contribution in [0.2, 0.25) is 0 Å². The third-order valence-corrected chi connectivity index (χ3v) is 4.30. The van der Waals surface area contributed by atoms with E-state index in [2.05, 4.69) is 22.3 Å². The zero-order valence-electron chi connectivity index (χ0n) is 15.2. The highest BCUT2D eigenvalue weighted by Crippen LogP contribution is 2.21. The Labute approximate surface area is 145 Å². The number of piperidine rings is 1. The molecule has 0 atom stereocenters. The fraction of sp³-hybridized carbons (Fsp3) is 0.632. The largest absolute Gasteiger partial charge is 0.389 e. The van der Waals surface area contributed by atoms with E-state index in [0.717, 1.165) is 25.3 Å². The van der Waals surface area contributed by atoms with Crippen LogP contribution in [-0.4, -0.2) is 54.2 Å². The van der Waals surface area contributed by atoms with Crippen LogP contribution in [0.1, 0.15) is 40.0 Å². The Kier molecular flexibility index (Phi) is 6.63. The summed E-state index contributed by atoms with van der Waals surface area (Å²) >= 11 is 0. The number of rotatable bonds is 7. The standard InChI is InChI=1S/C19H31N3O2/c1-4-21(15-19(2,3)24)14-18(23)20-16-8-10-17(11-9-16)22-12-6-5-7-13-22/h8-11,24H,4-7,12-15H2,1-3H3,(H,20,23). The quantitative estimate of drug-likeness (QED) is 0.805. The second-order valence-corrected chi connectivity index (χ2v) is 7.26. The van der Waals surface area contributed by atoms with Crippen LogP contribution in [0.5, 0.6) is 0 Å². The summed E-state index contributed by atoms with van der Waals surface area (Å²) in [7, 11) is 0. The first-order chi connectivity index (χ1) is 11.4. The lowest BCUT2D eigenvalue weighted by Gasteiger charge is -2.29. The molecule has 1 aliphatic rings. The van der Waals surface area contributed by atoms with Crippen LogP contribution >= 0.6 is 0 Å². The van der Waals surface area contributed by atoms with Gasteiger partial charge in [0.25, 0.3) is 0 Å². The Morgan fingerprint density at radius 1 is 1.21 bits per heavy atom. The van der Waals surface area contributed by atoms with Crippen LogP contribution < -0.4 is 10.2 Å². The van der Waals surface area contributed by atoms with Crippen molar-refractivity contribution >= 4 is 17.3 Å². The first-order valence-corrected chi connectivity index (χ1v) is 8.97. The minimum Gasteiger partial charge on any atom is -0.389 e. The lowest BCUT2D eigenvalue weighted by atomic mass is 10.1. The van der Waals surface area contributed by atoms with Gasteiger partial charge in [-0.25, -0.2) is 0 Å². The highest BCUT2D eigenvalue weighted by molar-refractivity contribution is 5.92. The van der Waals surface area contributed by atoms with Gasteiger partial charge in [0.2, 0.25) is 5.91 Å². The van der Waals surface area contributed by atoms with Crippen molar-refractivity contribution in [3.8, 4) is 0 Å². The molecule has 2 N–H and O–H groups in total. The monoisotopic (exact) mass is 333 g/mol. The molecule has 1 aromatic rings. The number of nitrogens with one attached hydrogen (secondary N) is 1. The number of aliphatic hydroxyl groups is 1. The van der Waals surface area contributed by atoms with Crippen molar-refractivity contribution in [2.75, 3.05) is 42.9 Å². The van der Waals surface area contributed by atoms with Gasteiger partial charge < -0.3 is 15.3 Å². The third-order valence-electron chi connectivity index (χ3n) is 4.30. The molecule has 1 aliphatic heterocycles. The van der Waals surface area contributed by atoms with Crippen LogP contribution in [-0.2, 0) is 4.79 Å². The van der Waals surface area contributed by atoms with E-state index in [1.165, 1.54) is 24.9 Å². The highest BCUT2D eigenvalue weighted by atomic mass is 16.3. The van der Waals surface area contributed by atoms with Gasteiger partial charge in [-0.3, -0.25) is 9.69 Å². The highest BCUT2D eigenvalue weighted by Gasteiger charge is 2.19. The van der Waals surface area contributed by atoms with E-state index in [9.17, 15) is 9.90 Å². The summed E-state index contributed by atoms with van der Waals surface area (Å²) in [4.78, 5) is 16.6. The predicted molar refractivity (Wildman–Crippen MR) is 99.5 cm³/mol. The number of carbonyl (C=O) groups is 1. The van der Waals surface area contributed by atoms with Crippen molar-refractivity contribution in [3.63, 3.8) is 0 Å². The molecule has 134 valence electrons. The molecule has 5 nitrogen and oxygen atoms in total. The van der Waals surface area contributed by atoms with E-state index in [1.54, 1.807) is 13.8 Å². The van der Waals surface area contributed by atoms with E-state index >= 15 is 0 Å². The number of carbonyl (C=O) groups excluding carboxylic acids is 1. The second-order valence-electron chi connectivity index (χ2n) is 7.26. The molecule has 0 bridgehead atoms. The first-order valence-electron chi connectivity index (χ1n) is 8.97. The Balaban J connectivity index is 1.87. The van der Waals surface area contributed by atoms with Gasteiger partial charge in [0.1, 0.15) is 0 Å². The Morgan fingerprint density at radius 3 is 2.38 bits per heavy atom. The summed E-state index contributed by atoms with van der Waals surface area (Å²) in [5.41, 5.74) is 1.25. The fourth-order valence-electron chi connectivity index (χ4n) is 3.14. The molecule has 1 heterocycles. The molecule has 0 radical (unpaired) electrons. The molecule has 1 aromatic carbocycles. The number of likely N-dealkylation sites (N-methyl/N-ethyl adjacent to an activating group) is 1. The molecule has 1 saturated heterocycles. The van der Waals surface area contributed by atoms with Crippen molar-refractivity contribution in [2.45, 2.75) is 45.6 Å². The number of hydrogen-bond acceptors (Lipinski definition) is 4. The van der Waals surface area contributed by atoms with E-state index in [-0.39, 0.29) is 12.5 Å². The molecule has 5 heteroatoms. The zero-order valence-corrected chi connectivity index (χ0v) is 15.2. The molecule has 2 rings (SSSR count). The Hall–Kier alpha value is -1.59. The first kappa shape index (κ1) is 18.7. The summed E-state index contributed by atoms with van der Waals surface area (Å²) in [6, 6.07) is 8.09. The summed E-state index contributed by atoms with van der Waals surface area (Å²) < 4.78 is 0. The maximum atomic E-state index is 12.2. The number of amides is 1. The molecule has 24 heavy (non-hydrogen) atoms. The summed E-state index contributed by atoms with van der Waals surface area (Å²) in [6.07, 6.45) is 3.84. The predicted octanol–water partition coefficient (Wildman–Crippen LogP) is 2.71. The maximum Gasteiger partial charge on any atom is 0.238 e. The minimum absolute atomic E-state index is 0.0492. The van der Waals surface area contributed by atoms with Crippen LogP contribution in [0.4, 0.5) is 11.4 Å². The van der Waals surface area contributed by atoms with Crippen LogP contribution in [0, 0.1) is 0 Å². The lowest BCUT2D eigenvalue weighted by molar-refractivity contribution is -0.117. The molecule has 1 amide bonds. The van der Waals surface area contributed by atoms with E-state index < -0.39 is 5.60 Å². The average Bonchev–Trinajstić information content (AvgIpc) is 2.54. The molecular weight excluding hydrogens is 302 g/mol. The molecular formula is C19H31N3O2. The Bertz CT molecular complexity index is 516. The van der Waals surface area contributed by atoms with Crippen molar-refractivity contribution in [2.24, 2.45) is 0 Å². The van der Waals surface area contributed by atoms with Gasteiger partial charge in [-0.05, 0) is 63.9 Å². The van der Waals surface area contributed by atoms with Crippen LogP contribution in [0.25, 0.3) is 0 Å². The van der Waals surface area contributed by atoms with Gasteiger partial charge in [0.15, 0.2) is 0 Å². The number of benzene rings is 1. The van der Waals surface area contributed by atoms with Crippen molar-refractivity contribution in [1.82, 2.24) is 4.90 Å². The molecule has 1 fully saturated rings. The van der Waals surface area contributed by atoms with Gasteiger partial charge in [-0.2, -0.15) is 0 Å². The summed E-state index contributed by atoms with van der Waals surface area (Å²) in [5, 5.41) is 12.8. The molecule has 0 saturated carbocycles. The topological polar surface area (TPSA) is 55.8 Å². The molecule has 0 aromatic heterocycles. The summed E-state index contributed by atoms with van der Waals surface area (Å²) in [6.45, 7) is 9.24. The van der Waals surface area contributed by atoms with Crippen LogP contribution in [0.3, 0.4) is 0 Å². The van der Waals surface area contributed by atoms with Gasteiger partial charge >= 0.3 is 0 Å². The van der Waals surface area contributed by atoms with Gasteiger partial charge in [0.05, 0.1) is 12.1 Å². The lowest BCUT2D eigenvalue weighted by Crippen LogP contribution is -2.42. The van der Waals surface area contributed by atoms with E-state index in [4.69, 9.17) is 0 Å². The number of nitrogens with zero attached hydrogens (tertiary/aromatic N) is 2. The van der Waals surface area contributed by atoms with Crippen LogP contribution in [0.15, 0.2) is 24.3 Å². The van der Waals surface area contributed by atoms with Gasteiger partial charge in [-0.15, -0.1) is 0 Å². The SMILES string of the molecule is CCN(CC(=O)Nc1ccc(N2CCCCC2)cc1)CC(C)(C)O. The van der Waals surface area contributed by atoms with Crippen molar-refractivity contribution < 1.29 is 9.90 Å². The van der Waals surface area contributed by atoms with E-state index in [1.807, 2.05) is 24.0 Å². The van der Waals surface area contributed by atoms with Crippen molar-refractivity contribution in [1.29, 1.82) is 0 Å². The second kappa shape index (κ2) is 8.49. The normalized spacial score (nSPS) is 15.6. The number of hydrogen-bond donors (Lipinski definition) is 2. The zero-order chi connectivity index (χ0) is 17.6. The summed E-state index contributed by atoms with van der Waals surface area (Å²) in [5.74, 6) is -0.0492. The average molecular weight is 333 g/mol. The number of anilines is 2. The maximum absolute atomic E-state index is 12.2. The minimum atomic E-state index is -0.799. The van der Waals surface area contributed by atoms with Crippen molar-refractivity contribution in [3.05, 3.63) is 24.3 Å². The van der Waals surface area contributed by atoms with Gasteiger partial charge in [0, 0.05) is 31.0 Å². The fourth-order valence-corrected chi connectivity index (χ4v) is 3.14. The molecule has 0 unspecified atom stereocenters. The molecule has 0 aliphatic carbocycles. The van der Waals surface area contributed by atoms with E-state index in [0.29, 0.717) is 6.54 Å². The smallest absolute Gasteiger partial charge is 0.238 e. The molecule has 0 spiro atoms. The Morgan fingerprint density at radius 2 is 1.83 bits per heavy atom. The third kappa shape index (κ3) is 6.13.